The van der Waals surface area contributed by atoms with Crippen LogP contribution >= 0.6 is 0 Å². The molecule has 2 fully saturated rings. The third-order valence-electron chi connectivity index (χ3n) is 4.21. The molecule has 4 nitrogen and oxygen atoms in total. The summed E-state index contributed by atoms with van der Waals surface area (Å²) in [6.07, 6.45) is 8.19. The van der Waals surface area contributed by atoms with E-state index in [1.165, 1.54) is 6.42 Å². The summed E-state index contributed by atoms with van der Waals surface area (Å²) >= 11 is 0. The van der Waals surface area contributed by atoms with Gasteiger partial charge in [-0.1, -0.05) is 12.8 Å². The van der Waals surface area contributed by atoms with Gasteiger partial charge in [0.25, 0.3) is 0 Å². The summed E-state index contributed by atoms with van der Waals surface area (Å²) < 4.78 is 0. The van der Waals surface area contributed by atoms with Gasteiger partial charge in [0.05, 0.1) is 5.60 Å². The molecular weight excluding hydrogens is 228 g/mol. The van der Waals surface area contributed by atoms with E-state index >= 15 is 0 Å². The lowest BCUT2D eigenvalue weighted by atomic mass is 10.0. The van der Waals surface area contributed by atoms with Gasteiger partial charge in [0.1, 0.15) is 0 Å². The predicted octanol–water partition coefficient (Wildman–Crippen LogP) is 1.28. The molecule has 1 amide bonds. The third kappa shape index (κ3) is 3.95. The fourth-order valence-electron chi connectivity index (χ4n) is 3.03. The lowest BCUT2D eigenvalue weighted by molar-refractivity contribution is -0.132. The van der Waals surface area contributed by atoms with Crippen LogP contribution in [0.4, 0.5) is 0 Å². The molecule has 4 heteroatoms. The third-order valence-corrected chi connectivity index (χ3v) is 4.21. The first-order valence-corrected chi connectivity index (χ1v) is 7.41. The van der Waals surface area contributed by atoms with E-state index in [0.717, 1.165) is 51.6 Å². The van der Waals surface area contributed by atoms with Crippen LogP contribution < -0.4 is 5.32 Å². The highest BCUT2D eigenvalue weighted by Crippen LogP contribution is 2.28. The smallest absolute Gasteiger partial charge is 0.223 e. The van der Waals surface area contributed by atoms with Gasteiger partial charge in [-0.3, -0.25) is 4.79 Å². The number of nitrogens with zero attached hydrogens (tertiary/aromatic N) is 1. The van der Waals surface area contributed by atoms with Gasteiger partial charge in [-0.05, 0) is 32.1 Å². The summed E-state index contributed by atoms with van der Waals surface area (Å²) in [6.45, 7) is 3.20. The molecule has 1 saturated heterocycles. The highest BCUT2D eigenvalue weighted by Gasteiger charge is 2.30. The first-order chi connectivity index (χ1) is 8.70. The molecule has 18 heavy (non-hydrogen) atoms. The van der Waals surface area contributed by atoms with E-state index in [-0.39, 0.29) is 5.91 Å². The van der Waals surface area contributed by atoms with Crippen LogP contribution in [0.15, 0.2) is 0 Å². The van der Waals surface area contributed by atoms with Crippen LogP contribution in [0.5, 0.6) is 0 Å². The number of nitrogens with one attached hydrogen (secondary N) is 1. The first kappa shape index (κ1) is 13.8. The Labute approximate surface area is 110 Å². The first-order valence-electron chi connectivity index (χ1n) is 7.41. The predicted molar refractivity (Wildman–Crippen MR) is 71.3 cm³/mol. The molecule has 2 rings (SSSR count). The van der Waals surface area contributed by atoms with Gasteiger partial charge in [-0.15, -0.1) is 0 Å². The van der Waals surface area contributed by atoms with E-state index in [0.29, 0.717) is 19.5 Å². The van der Waals surface area contributed by atoms with Gasteiger partial charge in [0, 0.05) is 32.6 Å². The Balaban J connectivity index is 1.58. The lowest BCUT2D eigenvalue weighted by Crippen LogP contribution is -2.41. The van der Waals surface area contributed by atoms with E-state index in [4.69, 9.17) is 0 Å². The molecule has 0 unspecified atom stereocenters. The van der Waals surface area contributed by atoms with E-state index in [1.807, 2.05) is 4.90 Å². The Morgan fingerprint density at radius 2 is 1.78 bits per heavy atom. The van der Waals surface area contributed by atoms with Crippen LogP contribution in [0, 0.1) is 0 Å². The zero-order valence-electron chi connectivity index (χ0n) is 11.3. The van der Waals surface area contributed by atoms with Crippen LogP contribution in [-0.2, 0) is 4.79 Å². The van der Waals surface area contributed by atoms with Crippen LogP contribution in [-0.4, -0.2) is 47.7 Å². The number of piperidine rings is 1. The molecule has 1 saturated carbocycles. The average Bonchev–Trinajstić information content (AvgIpc) is 2.83. The fourth-order valence-corrected chi connectivity index (χ4v) is 3.03. The summed E-state index contributed by atoms with van der Waals surface area (Å²) in [6, 6.07) is 0. The second-order valence-corrected chi connectivity index (χ2v) is 5.80. The molecular formula is C14H26N2O2. The second-order valence-electron chi connectivity index (χ2n) is 5.80. The molecule has 0 aromatic carbocycles. The number of carbonyl (C=O) groups is 1. The van der Waals surface area contributed by atoms with E-state index in [1.54, 1.807) is 0 Å². The number of amides is 1. The van der Waals surface area contributed by atoms with Gasteiger partial charge in [-0.25, -0.2) is 0 Å². The van der Waals surface area contributed by atoms with Crippen molar-refractivity contribution in [2.45, 2.75) is 57.0 Å². The van der Waals surface area contributed by atoms with Gasteiger partial charge in [0.2, 0.25) is 5.91 Å². The summed E-state index contributed by atoms with van der Waals surface area (Å²) in [7, 11) is 0. The Kier molecular flexibility index (Phi) is 5.01. The standard InChI is InChI=1S/C14H26N2O2/c17-13(16-10-4-1-5-11-16)6-9-15-12-14(18)7-2-3-8-14/h15,18H,1-12H2. The van der Waals surface area contributed by atoms with Crippen molar-refractivity contribution in [2.75, 3.05) is 26.2 Å². The minimum Gasteiger partial charge on any atom is -0.389 e. The minimum absolute atomic E-state index is 0.264. The topological polar surface area (TPSA) is 52.6 Å². The van der Waals surface area contributed by atoms with Crippen molar-refractivity contribution >= 4 is 5.91 Å². The lowest BCUT2D eigenvalue weighted by Gasteiger charge is -2.27. The van der Waals surface area contributed by atoms with Crippen LogP contribution in [0.2, 0.25) is 0 Å². The molecule has 0 bridgehead atoms. The van der Waals surface area contributed by atoms with Crippen LogP contribution in [0.1, 0.15) is 51.4 Å². The number of aliphatic hydroxyl groups is 1. The maximum absolute atomic E-state index is 11.9. The Morgan fingerprint density at radius 1 is 1.11 bits per heavy atom. The zero-order chi connectivity index (χ0) is 12.8. The Bertz CT molecular complexity index is 269. The Hall–Kier alpha value is -0.610. The monoisotopic (exact) mass is 254 g/mol. The van der Waals surface area contributed by atoms with E-state index < -0.39 is 5.60 Å². The molecule has 2 N–H and O–H groups in total. The van der Waals surface area contributed by atoms with Crippen molar-refractivity contribution in [3.63, 3.8) is 0 Å². The normalized spacial score (nSPS) is 23.3. The molecule has 104 valence electrons. The molecule has 0 aromatic heterocycles. The minimum atomic E-state index is -0.506. The largest absolute Gasteiger partial charge is 0.389 e. The molecule has 0 spiro atoms. The number of hydrogen-bond donors (Lipinski definition) is 2. The number of rotatable bonds is 5. The summed E-state index contributed by atoms with van der Waals surface area (Å²) in [5.41, 5.74) is -0.506. The highest BCUT2D eigenvalue weighted by molar-refractivity contribution is 5.76. The van der Waals surface area contributed by atoms with Crippen LogP contribution in [0.25, 0.3) is 0 Å². The number of likely N-dealkylation sites (tertiary alicyclic amines) is 1. The highest BCUT2D eigenvalue weighted by atomic mass is 16.3. The zero-order valence-corrected chi connectivity index (χ0v) is 11.3. The molecule has 0 atom stereocenters. The fraction of sp³-hybridized carbons (Fsp3) is 0.929. The summed E-state index contributed by atoms with van der Waals surface area (Å²) in [4.78, 5) is 13.9. The average molecular weight is 254 g/mol. The van der Waals surface area contributed by atoms with Crippen molar-refractivity contribution in [1.29, 1.82) is 0 Å². The molecule has 1 aliphatic heterocycles. The number of hydrogen-bond acceptors (Lipinski definition) is 3. The van der Waals surface area contributed by atoms with Crippen molar-refractivity contribution in [1.82, 2.24) is 10.2 Å². The Morgan fingerprint density at radius 3 is 2.44 bits per heavy atom. The molecule has 2 aliphatic rings. The summed E-state index contributed by atoms with van der Waals surface area (Å²) in [5.74, 6) is 0.264. The SMILES string of the molecule is O=C(CCNCC1(O)CCCC1)N1CCCCC1. The van der Waals surface area contributed by atoms with Crippen molar-refractivity contribution in [3.05, 3.63) is 0 Å². The van der Waals surface area contributed by atoms with Crippen molar-refractivity contribution in [2.24, 2.45) is 0 Å². The molecule has 0 aromatic rings. The quantitative estimate of drug-likeness (QED) is 0.727. The molecule has 1 aliphatic carbocycles. The van der Waals surface area contributed by atoms with Crippen molar-refractivity contribution < 1.29 is 9.90 Å². The maximum Gasteiger partial charge on any atom is 0.223 e. The second kappa shape index (κ2) is 6.53. The van der Waals surface area contributed by atoms with Gasteiger partial charge in [-0.2, -0.15) is 0 Å². The van der Waals surface area contributed by atoms with E-state index in [9.17, 15) is 9.90 Å². The summed E-state index contributed by atoms with van der Waals surface area (Å²) in [5, 5.41) is 13.4. The van der Waals surface area contributed by atoms with Gasteiger partial charge >= 0.3 is 0 Å². The molecule has 0 radical (unpaired) electrons. The van der Waals surface area contributed by atoms with Gasteiger partial charge < -0.3 is 15.3 Å². The van der Waals surface area contributed by atoms with Gasteiger partial charge in [0.15, 0.2) is 0 Å². The number of carbonyl (C=O) groups excluding carboxylic acids is 1. The maximum atomic E-state index is 11.9. The van der Waals surface area contributed by atoms with E-state index in [2.05, 4.69) is 5.32 Å². The van der Waals surface area contributed by atoms with Crippen molar-refractivity contribution in [3.8, 4) is 0 Å². The van der Waals surface area contributed by atoms with Crippen LogP contribution in [0.3, 0.4) is 0 Å². The molecule has 1 heterocycles.